The molecule has 188 valence electrons. The number of nitrogens with one attached hydrogen (secondary N) is 1. The zero-order valence-electron chi connectivity index (χ0n) is 20.3. The maximum Gasteiger partial charge on any atom is 0.262 e. The van der Waals surface area contributed by atoms with Crippen molar-refractivity contribution in [2.24, 2.45) is 0 Å². The smallest absolute Gasteiger partial charge is 0.262 e. The molecule has 0 spiro atoms. The van der Waals surface area contributed by atoms with Crippen LogP contribution in [0.4, 0.5) is 0 Å². The minimum Gasteiger partial charge on any atom is -0.497 e. The molecule has 1 heterocycles. The van der Waals surface area contributed by atoms with Gasteiger partial charge in [0.15, 0.2) is 11.5 Å². The van der Waals surface area contributed by atoms with E-state index in [1.807, 2.05) is 60.7 Å². The highest BCUT2D eigenvalue weighted by Gasteiger charge is 2.16. The van der Waals surface area contributed by atoms with Crippen LogP contribution >= 0.6 is 15.9 Å². The van der Waals surface area contributed by atoms with Gasteiger partial charge in [-0.3, -0.25) is 4.79 Å². The van der Waals surface area contributed by atoms with Crippen LogP contribution in [0, 0.1) is 11.3 Å². The zero-order chi connectivity index (χ0) is 26.2. The molecule has 8 heteroatoms. The molecule has 0 radical (unpaired) electrons. The molecule has 1 amide bonds. The number of hydrogen-bond donors (Lipinski definition) is 1. The van der Waals surface area contributed by atoms with Gasteiger partial charge in [-0.05, 0) is 87.1 Å². The Morgan fingerprint density at radius 3 is 2.62 bits per heavy atom. The van der Waals surface area contributed by atoms with Crippen molar-refractivity contribution in [3.05, 3.63) is 99.6 Å². The van der Waals surface area contributed by atoms with Gasteiger partial charge in [0, 0.05) is 6.54 Å². The number of rotatable bonds is 10. The zero-order valence-corrected chi connectivity index (χ0v) is 21.8. The molecule has 4 rings (SSSR count). The van der Waals surface area contributed by atoms with Gasteiger partial charge in [-0.25, -0.2) is 0 Å². The molecule has 0 saturated carbocycles. The van der Waals surface area contributed by atoms with E-state index in [1.165, 1.54) is 0 Å². The van der Waals surface area contributed by atoms with Gasteiger partial charge in [0.25, 0.3) is 5.91 Å². The fourth-order valence-corrected chi connectivity index (χ4v) is 4.38. The summed E-state index contributed by atoms with van der Waals surface area (Å²) in [6, 6.07) is 18.7. The van der Waals surface area contributed by atoms with Crippen molar-refractivity contribution >= 4 is 27.9 Å². The monoisotopic (exact) mass is 560 g/mol. The topological polar surface area (TPSA) is 89.8 Å². The Hall–Kier alpha value is -4.22. The number of carbonyl (C=O) groups is 1. The molecule has 37 heavy (non-hydrogen) atoms. The van der Waals surface area contributed by atoms with Crippen LogP contribution in [0.5, 0.6) is 23.0 Å². The Kier molecular flexibility index (Phi) is 8.49. The van der Waals surface area contributed by atoms with Crippen LogP contribution in [-0.2, 0) is 24.4 Å². The normalized spacial score (nSPS) is 12.0. The Bertz CT molecular complexity index is 1380. The molecule has 0 aromatic heterocycles. The quantitative estimate of drug-likeness (QED) is 0.194. The maximum atomic E-state index is 12.7. The molecule has 3 aromatic carbocycles. The lowest BCUT2D eigenvalue weighted by atomic mass is 10.0. The fraction of sp³-hybridized carbons (Fsp3) is 0.172. The first-order chi connectivity index (χ1) is 18.0. The minimum atomic E-state index is -0.456. The number of nitriles is 1. The third-order valence-corrected chi connectivity index (χ3v) is 6.20. The first kappa shape index (κ1) is 25.9. The Balaban J connectivity index is 1.48. The number of ether oxygens (including phenoxy) is 4. The molecule has 0 aliphatic carbocycles. The molecule has 0 saturated heterocycles. The van der Waals surface area contributed by atoms with E-state index >= 15 is 0 Å². The van der Waals surface area contributed by atoms with Crippen molar-refractivity contribution in [1.82, 2.24) is 5.32 Å². The summed E-state index contributed by atoms with van der Waals surface area (Å²) in [6.45, 7) is 4.68. The largest absolute Gasteiger partial charge is 0.497 e. The first-order valence-electron chi connectivity index (χ1n) is 11.5. The third kappa shape index (κ3) is 6.51. The number of allylic oxidation sites excluding steroid dienone is 1. The summed E-state index contributed by atoms with van der Waals surface area (Å²) >= 11 is 3.59. The Morgan fingerprint density at radius 1 is 1.14 bits per heavy atom. The number of methoxy groups -OCH3 is 1. The molecular formula is C29H25BrN2O5. The maximum absolute atomic E-state index is 12.7. The summed E-state index contributed by atoms with van der Waals surface area (Å²) in [6.07, 6.45) is 3.88. The first-order valence-corrected chi connectivity index (χ1v) is 12.3. The van der Waals surface area contributed by atoms with E-state index < -0.39 is 5.91 Å². The number of benzene rings is 3. The van der Waals surface area contributed by atoms with E-state index in [4.69, 9.17) is 18.9 Å². The lowest BCUT2D eigenvalue weighted by Gasteiger charge is -2.14. The Labute approximate surface area is 224 Å². The highest BCUT2D eigenvalue weighted by molar-refractivity contribution is 9.10. The van der Waals surface area contributed by atoms with Crippen LogP contribution < -0.4 is 24.3 Å². The number of halogens is 1. The van der Waals surface area contributed by atoms with Gasteiger partial charge in [-0.2, -0.15) is 5.26 Å². The van der Waals surface area contributed by atoms with Crippen LogP contribution in [0.2, 0.25) is 0 Å². The molecular weight excluding hydrogens is 536 g/mol. The van der Waals surface area contributed by atoms with E-state index in [9.17, 15) is 10.1 Å². The van der Waals surface area contributed by atoms with E-state index in [0.29, 0.717) is 41.1 Å². The lowest BCUT2D eigenvalue weighted by molar-refractivity contribution is -0.117. The summed E-state index contributed by atoms with van der Waals surface area (Å²) in [7, 11) is 1.59. The van der Waals surface area contributed by atoms with Crippen molar-refractivity contribution < 1.29 is 23.7 Å². The average molecular weight is 561 g/mol. The van der Waals surface area contributed by atoms with E-state index in [2.05, 4.69) is 27.8 Å². The van der Waals surface area contributed by atoms with Crippen LogP contribution in [0.1, 0.15) is 22.3 Å². The second kappa shape index (κ2) is 12.2. The lowest BCUT2D eigenvalue weighted by Crippen LogP contribution is -2.23. The van der Waals surface area contributed by atoms with Crippen LogP contribution in [0.3, 0.4) is 0 Å². The molecule has 3 aromatic rings. The molecule has 0 atom stereocenters. The van der Waals surface area contributed by atoms with Gasteiger partial charge in [-0.15, -0.1) is 6.58 Å². The predicted molar refractivity (Wildman–Crippen MR) is 143 cm³/mol. The number of carbonyl (C=O) groups excluding carboxylic acids is 1. The second-order valence-corrected chi connectivity index (χ2v) is 9.01. The van der Waals surface area contributed by atoms with E-state index in [1.54, 1.807) is 19.3 Å². The summed E-state index contributed by atoms with van der Waals surface area (Å²) in [5.41, 5.74) is 3.39. The molecule has 1 N–H and O–H groups in total. The number of amides is 1. The minimum absolute atomic E-state index is 0.000932. The molecule has 0 unspecified atom stereocenters. The van der Waals surface area contributed by atoms with Crippen LogP contribution in [0.15, 0.2) is 77.3 Å². The van der Waals surface area contributed by atoms with Crippen LogP contribution in [-0.4, -0.2) is 19.8 Å². The SMILES string of the molecule is C=CCc1cc(/C=C(/C#N)C(=O)NCc2ccc(OC)cc2)cc(Br)c1OCc1ccc2c(c1)OCO2. The number of hydrogen-bond acceptors (Lipinski definition) is 6. The predicted octanol–water partition coefficient (Wildman–Crippen LogP) is 5.72. The highest BCUT2D eigenvalue weighted by atomic mass is 79.9. The molecule has 0 fully saturated rings. The summed E-state index contributed by atoms with van der Waals surface area (Å²) in [5.74, 6) is 2.35. The van der Waals surface area contributed by atoms with E-state index in [0.717, 1.165) is 28.2 Å². The number of fused-ring (bicyclic) bond motifs is 1. The van der Waals surface area contributed by atoms with Gasteiger partial charge < -0.3 is 24.3 Å². The molecule has 1 aliphatic heterocycles. The summed E-state index contributed by atoms with van der Waals surface area (Å²) in [5, 5.41) is 12.4. The van der Waals surface area contributed by atoms with Crippen LogP contribution in [0.25, 0.3) is 6.08 Å². The molecule has 0 bridgehead atoms. The Morgan fingerprint density at radius 2 is 1.89 bits per heavy atom. The van der Waals surface area contributed by atoms with Crippen molar-refractivity contribution in [3.63, 3.8) is 0 Å². The van der Waals surface area contributed by atoms with Gasteiger partial charge in [0.2, 0.25) is 6.79 Å². The molecule has 1 aliphatic rings. The van der Waals surface area contributed by atoms with Crippen molar-refractivity contribution in [1.29, 1.82) is 5.26 Å². The van der Waals surface area contributed by atoms with Gasteiger partial charge >= 0.3 is 0 Å². The van der Waals surface area contributed by atoms with Crippen molar-refractivity contribution in [2.75, 3.05) is 13.9 Å². The standard InChI is InChI=1S/C29H25BrN2O5/c1-3-4-22-11-21(12-23(15-31)29(33)32-16-19-5-8-24(34-2)9-6-19)13-25(30)28(22)35-17-20-7-10-26-27(14-20)37-18-36-26/h3,5-14H,1,4,16-18H2,2H3,(H,32,33)/b23-12-. The highest BCUT2D eigenvalue weighted by Crippen LogP contribution is 2.35. The summed E-state index contributed by atoms with van der Waals surface area (Å²) in [4.78, 5) is 12.7. The van der Waals surface area contributed by atoms with Crippen molar-refractivity contribution in [2.45, 2.75) is 19.6 Å². The van der Waals surface area contributed by atoms with E-state index in [-0.39, 0.29) is 12.4 Å². The summed E-state index contributed by atoms with van der Waals surface area (Å²) < 4.78 is 22.8. The third-order valence-electron chi connectivity index (χ3n) is 5.62. The van der Waals surface area contributed by atoms with Gasteiger partial charge in [0.1, 0.15) is 29.7 Å². The van der Waals surface area contributed by atoms with Crippen molar-refractivity contribution in [3.8, 4) is 29.1 Å². The average Bonchev–Trinajstić information content (AvgIpc) is 3.38. The number of nitrogens with zero attached hydrogens (tertiary/aromatic N) is 1. The fourth-order valence-electron chi connectivity index (χ4n) is 3.75. The van der Waals surface area contributed by atoms with Gasteiger partial charge in [0.05, 0.1) is 11.6 Å². The van der Waals surface area contributed by atoms with Gasteiger partial charge in [-0.1, -0.05) is 24.3 Å². The second-order valence-electron chi connectivity index (χ2n) is 8.16. The molecule has 7 nitrogen and oxygen atoms in total.